The van der Waals surface area contributed by atoms with E-state index < -0.39 is 29.2 Å². The molecule has 9 heteroatoms. The minimum atomic E-state index is -4.73. The van der Waals surface area contributed by atoms with Gasteiger partial charge in [-0.15, -0.1) is 0 Å². The van der Waals surface area contributed by atoms with Crippen molar-refractivity contribution < 1.29 is 31.9 Å². The van der Waals surface area contributed by atoms with Crippen LogP contribution in [-0.4, -0.2) is 47.7 Å². The predicted molar refractivity (Wildman–Crippen MR) is 107 cm³/mol. The maximum Gasteiger partial charge on any atom is 0.417 e. The summed E-state index contributed by atoms with van der Waals surface area (Å²) < 4.78 is 52.8. The van der Waals surface area contributed by atoms with Crippen LogP contribution in [0.4, 0.5) is 13.2 Å². The Morgan fingerprint density at radius 2 is 1.78 bits per heavy atom. The molecule has 2 aromatic carbocycles. The smallest absolute Gasteiger partial charge is 0.417 e. The molecule has 0 bridgehead atoms. The van der Waals surface area contributed by atoms with Gasteiger partial charge in [-0.2, -0.15) is 13.2 Å². The summed E-state index contributed by atoms with van der Waals surface area (Å²) in [6.45, 7) is 1.43. The van der Waals surface area contributed by atoms with E-state index in [-0.39, 0.29) is 40.0 Å². The fraction of sp³-hybridized carbons (Fsp3) is 0.261. The molecular formula is C23H17F3N2O4. The quantitative estimate of drug-likeness (QED) is 0.473. The van der Waals surface area contributed by atoms with Crippen molar-refractivity contribution in [3.63, 3.8) is 0 Å². The second-order valence-corrected chi connectivity index (χ2v) is 7.90. The zero-order valence-electron chi connectivity index (χ0n) is 16.9. The summed E-state index contributed by atoms with van der Waals surface area (Å²) in [7, 11) is 1.92. The van der Waals surface area contributed by atoms with E-state index in [1.165, 1.54) is 24.3 Å². The number of alkyl halides is 3. The second kappa shape index (κ2) is 7.30. The van der Waals surface area contributed by atoms with Crippen molar-refractivity contribution in [2.24, 2.45) is 0 Å². The van der Waals surface area contributed by atoms with Crippen molar-refractivity contribution >= 4 is 11.6 Å². The Hall–Kier alpha value is -3.46. The van der Waals surface area contributed by atoms with E-state index in [1.807, 2.05) is 11.9 Å². The van der Waals surface area contributed by atoms with Gasteiger partial charge in [0.15, 0.2) is 5.69 Å². The van der Waals surface area contributed by atoms with Crippen LogP contribution in [0.1, 0.15) is 44.2 Å². The van der Waals surface area contributed by atoms with Crippen molar-refractivity contribution in [1.29, 1.82) is 0 Å². The molecule has 2 heterocycles. The molecule has 6 nitrogen and oxygen atoms in total. The number of benzene rings is 2. The fourth-order valence-corrected chi connectivity index (χ4v) is 4.07. The van der Waals surface area contributed by atoms with E-state index >= 15 is 0 Å². The molecule has 1 aromatic heterocycles. The summed E-state index contributed by atoms with van der Waals surface area (Å²) in [6, 6.07) is 9.62. The Morgan fingerprint density at radius 3 is 2.44 bits per heavy atom. The molecule has 1 fully saturated rings. The predicted octanol–water partition coefficient (Wildman–Crippen LogP) is 4.22. The Bertz CT molecular complexity index is 1200. The van der Waals surface area contributed by atoms with Crippen LogP contribution in [-0.2, 0) is 6.18 Å². The van der Waals surface area contributed by atoms with Crippen molar-refractivity contribution in [3.05, 3.63) is 70.6 Å². The molecule has 1 aliphatic heterocycles. The molecule has 0 radical (unpaired) electrons. The molecule has 3 aromatic rings. The third-order valence-corrected chi connectivity index (χ3v) is 5.64. The zero-order chi connectivity index (χ0) is 22.6. The molecule has 0 N–H and O–H groups in total. The highest BCUT2D eigenvalue weighted by Gasteiger charge is 2.39. The molecule has 1 aliphatic carbocycles. The van der Waals surface area contributed by atoms with Gasteiger partial charge in [0, 0.05) is 29.8 Å². The Kier molecular flexibility index (Phi) is 4.67. The van der Waals surface area contributed by atoms with Gasteiger partial charge in [0.1, 0.15) is 11.9 Å². The summed E-state index contributed by atoms with van der Waals surface area (Å²) in [5, 5.41) is 0. The lowest BCUT2D eigenvalue weighted by molar-refractivity contribution is -0.137. The Morgan fingerprint density at radius 1 is 1.06 bits per heavy atom. The standard InChI is InChI=1S/C23H17F3N2O4/c1-28-9-8-13(11-28)31-12-6-7-16(17(10-12)23(24,25)26)22-27-18-19(29)14-4-2-3-5-15(14)20(30)21(18)32-22/h2-7,10,13H,8-9,11H2,1H3/t13-/m1/s1. The van der Waals surface area contributed by atoms with Crippen LogP contribution in [0, 0.1) is 0 Å². The van der Waals surface area contributed by atoms with E-state index in [9.17, 15) is 22.8 Å². The van der Waals surface area contributed by atoms with Gasteiger partial charge in [0.2, 0.25) is 23.2 Å². The van der Waals surface area contributed by atoms with Crippen molar-refractivity contribution in [2.45, 2.75) is 18.7 Å². The maximum absolute atomic E-state index is 13.9. The van der Waals surface area contributed by atoms with Crippen LogP contribution in [0.25, 0.3) is 11.5 Å². The van der Waals surface area contributed by atoms with Crippen LogP contribution in [0.5, 0.6) is 5.75 Å². The van der Waals surface area contributed by atoms with Crippen LogP contribution in [0.2, 0.25) is 0 Å². The summed E-state index contributed by atoms with van der Waals surface area (Å²) in [5.41, 5.74) is -1.39. The van der Waals surface area contributed by atoms with E-state index in [1.54, 1.807) is 12.1 Å². The van der Waals surface area contributed by atoms with Gasteiger partial charge in [-0.25, -0.2) is 4.98 Å². The topological polar surface area (TPSA) is 72.6 Å². The number of carbonyl (C=O) groups is 2. The number of ether oxygens (including phenoxy) is 1. The van der Waals surface area contributed by atoms with Gasteiger partial charge in [-0.1, -0.05) is 24.3 Å². The molecule has 0 saturated carbocycles. The Balaban J connectivity index is 1.55. The molecular weight excluding hydrogens is 425 g/mol. The number of likely N-dealkylation sites (tertiary alicyclic amines) is 1. The average Bonchev–Trinajstić information content (AvgIpc) is 3.38. The third-order valence-electron chi connectivity index (χ3n) is 5.64. The first-order valence-corrected chi connectivity index (χ1v) is 9.98. The third kappa shape index (κ3) is 3.38. The number of ketones is 2. The highest BCUT2D eigenvalue weighted by Crippen LogP contribution is 2.40. The number of nitrogens with zero attached hydrogens (tertiary/aromatic N) is 2. The molecule has 164 valence electrons. The molecule has 32 heavy (non-hydrogen) atoms. The lowest BCUT2D eigenvalue weighted by Crippen LogP contribution is -2.21. The molecule has 1 saturated heterocycles. The highest BCUT2D eigenvalue weighted by atomic mass is 19.4. The molecule has 0 spiro atoms. The first-order valence-electron chi connectivity index (χ1n) is 9.98. The number of halogens is 3. The Labute approximate surface area is 180 Å². The number of oxazole rings is 1. The fourth-order valence-electron chi connectivity index (χ4n) is 4.07. The minimum Gasteiger partial charge on any atom is -0.489 e. The summed E-state index contributed by atoms with van der Waals surface area (Å²) in [6.07, 6.45) is -4.21. The van der Waals surface area contributed by atoms with Crippen molar-refractivity contribution in [3.8, 4) is 17.2 Å². The van der Waals surface area contributed by atoms with E-state index in [0.717, 1.165) is 19.0 Å². The SMILES string of the molecule is CN1CC[C@@H](Oc2ccc(-c3nc4c(o3)C(=O)c3ccccc3C4=O)c(C(F)(F)F)c2)C1. The lowest BCUT2D eigenvalue weighted by atomic mass is 9.91. The van der Waals surface area contributed by atoms with Crippen LogP contribution >= 0.6 is 0 Å². The van der Waals surface area contributed by atoms with Crippen molar-refractivity contribution in [1.82, 2.24) is 9.88 Å². The molecule has 5 rings (SSSR count). The van der Waals surface area contributed by atoms with Crippen LogP contribution in [0.3, 0.4) is 0 Å². The second-order valence-electron chi connectivity index (χ2n) is 7.90. The average molecular weight is 442 g/mol. The number of hydrogen-bond donors (Lipinski definition) is 0. The van der Waals surface area contributed by atoms with E-state index in [4.69, 9.17) is 9.15 Å². The van der Waals surface area contributed by atoms with Crippen LogP contribution in [0.15, 0.2) is 46.9 Å². The first kappa shape index (κ1) is 20.4. The number of likely N-dealkylation sites (N-methyl/N-ethyl adjacent to an activating group) is 1. The number of aromatic nitrogens is 1. The lowest BCUT2D eigenvalue weighted by Gasteiger charge is -2.17. The summed E-state index contributed by atoms with van der Waals surface area (Å²) in [4.78, 5) is 31.5. The molecule has 0 amide bonds. The monoisotopic (exact) mass is 442 g/mol. The molecule has 0 unspecified atom stereocenters. The molecule has 2 aliphatic rings. The van der Waals surface area contributed by atoms with E-state index in [0.29, 0.717) is 6.54 Å². The van der Waals surface area contributed by atoms with Crippen molar-refractivity contribution in [2.75, 3.05) is 20.1 Å². The van der Waals surface area contributed by atoms with Gasteiger partial charge in [0.05, 0.1) is 5.56 Å². The summed E-state index contributed by atoms with van der Waals surface area (Å²) in [5.74, 6) is -1.87. The van der Waals surface area contributed by atoms with Gasteiger partial charge < -0.3 is 14.1 Å². The van der Waals surface area contributed by atoms with Gasteiger partial charge in [-0.05, 0) is 31.7 Å². The number of rotatable bonds is 3. The first-order chi connectivity index (χ1) is 15.2. The number of carbonyl (C=O) groups excluding carboxylic acids is 2. The summed E-state index contributed by atoms with van der Waals surface area (Å²) >= 11 is 0. The minimum absolute atomic E-state index is 0.0808. The number of hydrogen-bond acceptors (Lipinski definition) is 6. The normalized spacial score (nSPS) is 18.6. The van der Waals surface area contributed by atoms with Gasteiger partial charge in [0.25, 0.3) is 0 Å². The maximum atomic E-state index is 13.9. The van der Waals surface area contributed by atoms with Gasteiger partial charge >= 0.3 is 6.18 Å². The largest absolute Gasteiger partial charge is 0.489 e. The van der Waals surface area contributed by atoms with Crippen LogP contribution < -0.4 is 4.74 Å². The number of fused-ring (bicyclic) bond motifs is 2. The highest BCUT2D eigenvalue weighted by molar-refractivity contribution is 6.26. The zero-order valence-corrected chi connectivity index (χ0v) is 16.9. The van der Waals surface area contributed by atoms with E-state index in [2.05, 4.69) is 4.98 Å². The van der Waals surface area contributed by atoms with Gasteiger partial charge in [-0.3, -0.25) is 9.59 Å². The molecule has 1 atom stereocenters.